The Labute approximate surface area is 102 Å². The highest BCUT2D eigenvalue weighted by Crippen LogP contribution is 2.21. The van der Waals surface area contributed by atoms with Crippen LogP contribution < -0.4 is 5.56 Å². The third-order valence-corrected chi connectivity index (χ3v) is 2.35. The van der Waals surface area contributed by atoms with Gasteiger partial charge < -0.3 is 4.98 Å². The number of aromatic amines is 1. The van der Waals surface area contributed by atoms with Crippen LogP contribution in [0.2, 0.25) is 5.02 Å². The highest BCUT2D eigenvalue weighted by molar-refractivity contribution is 6.31. The van der Waals surface area contributed by atoms with Gasteiger partial charge in [-0.05, 0) is 29.8 Å². The molecule has 86 valence electrons. The van der Waals surface area contributed by atoms with Crippen molar-refractivity contribution in [3.8, 4) is 0 Å². The van der Waals surface area contributed by atoms with Gasteiger partial charge in [-0.2, -0.15) is 0 Å². The minimum Gasteiger partial charge on any atom is -0.329 e. The fraction of sp³-hybridized carbons (Fsp3) is 0. The van der Waals surface area contributed by atoms with E-state index in [0.717, 1.165) is 0 Å². The average molecular weight is 251 g/mol. The van der Waals surface area contributed by atoms with Crippen LogP contribution in [-0.2, 0) is 0 Å². The molecule has 1 aromatic heterocycles. The first-order valence-electron chi connectivity index (χ1n) is 4.83. The molecule has 2 aromatic rings. The third-order valence-electron chi connectivity index (χ3n) is 2.07. The van der Waals surface area contributed by atoms with Crippen molar-refractivity contribution in [2.24, 2.45) is 4.99 Å². The van der Waals surface area contributed by atoms with Gasteiger partial charge in [0, 0.05) is 18.5 Å². The Morgan fingerprint density at radius 3 is 2.82 bits per heavy atom. The first kappa shape index (κ1) is 11.5. The largest absolute Gasteiger partial charge is 0.329 e. The van der Waals surface area contributed by atoms with E-state index in [1.165, 1.54) is 36.7 Å². The molecule has 0 radical (unpaired) electrons. The highest BCUT2D eigenvalue weighted by Gasteiger charge is 1.98. The molecule has 0 saturated carbocycles. The van der Waals surface area contributed by atoms with E-state index < -0.39 is 5.82 Å². The molecule has 0 aliphatic heterocycles. The number of aromatic nitrogens is 1. The normalized spacial score (nSPS) is 10.9. The molecule has 1 N–H and O–H groups in total. The number of pyridine rings is 1. The SMILES string of the molecule is O=c1cc(C=Nc2ccc(F)c(Cl)c2)cc[nH]1. The molecule has 0 atom stereocenters. The summed E-state index contributed by atoms with van der Waals surface area (Å²) < 4.78 is 12.9. The number of nitrogens with one attached hydrogen (secondary N) is 1. The average Bonchev–Trinajstić information content (AvgIpc) is 2.31. The minimum atomic E-state index is -0.484. The molecule has 0 unspecified atom stereocenters. The van der Waals surface area contributed by atoms with Crippen molar-refractivity contribution in [3.05, 3.63) is 63.3 Å². The lowest BCUT2D eigenvalue weighted by atomic mass is 10.3. The van der Waals surface area contributed by atoms with E-state index in [0.29, 0.717) is 11.3 Å². The number of rotatable bonds is 2. The van der Waals surface area contributed by atoms with Crippen LogP contribution in [0.3, 0.4) is 0 Å². The Balaban J connectivity index is 2.26. The Morgan fingerprint density at radius 2 is 2.12 bits per heavy atom. The van der Waals surface area contributed by atoms with E-state index in [4.69, 9.17) is 11.6 Å². The fourth-order valence-electron chi connectivity index (χ4n) is 1.26. The zero-order chi connectivity index (χ0) is 12.3. The maximum atomic E-state index is 12.9. The molecule has 0 aliphatic carbocycles. The van der Waals surface area contributed by atoms with Crippen LogP contribution in [0.15, 0.2) is 46.3 Å². The molecule has 0 fully saturated rings. The van der Waals surface area contributed by atoms with Crippen molar-refractivity contribution in [3.63, 3.8) is 0 Å². The summed E-state index contributed by atoms with van der Waals surface area (Å²) in [5.74, 6) is -0.484. The van der Waals surface area contributed by atoms with E-state index in [-0.39, 0.29) is 10.6 Å². The summed E-state index contributed by atoms with van der Waals surface area (Å²) in [6.07, 6.45) is 3.04. The first-order chi connectivity index (χ1) is 8.15. The van der Waals surface area contributed by atoms with Crippen molar-refractivity contribution >= 4 is 23.5 Å². The van der Waals surface area contributed by atoms with Gasteiger partial charge in [0.25, 0.3) is 0 Å². The number of benzene rings is 1. The lowest BCUT2D eigenvalue weighted by molar-refractivity contribution is 0.628. The molecular weight excluding hydrogens is 243 g/mol. The summed E-state index contributed by atoms with van der Waals surface area (Å²) >= 11 is 5.62. The summed E-state index contributed by atoms with van der Waals surface area (Å²) in [7, 11) is 0. The second-order valence-electron chi connectivity index (χ2n) is 3.34. The van der Waals surface area contributed by atoms with Crippen molar-refractivity contribution < 1.29 is 4.39 Å². The number of nitrogens with zero attached hydrogens (tertiary/aromatic N) is 1. The predicted molar refractivity (Wildman–Crippen MR) is 65.7 cm³/mol. The van der Waals surface area contributed by atoms with Crippen molar-refractivity contribution in [1.82, 2.24) is 4.98 Å². The van der Waals surface area contributed by atoms with Crippen LogP contribution in [0, 0.1) is 5.82 Å². The van der Waals surface area contributed by atoms with E-state index in [1.807, 2.05) is 0 Å². The van der Waals surface area contributed by atoms with Crippen LogP contribution in [0.5, 0.6) is 0 Å². The number of hydrogen-bond donors (Lipinski definition) is 1. The van der Waals surface area contributed by atoms with E-state index >= 15 is 0 Å². The molecule has 0 saturated heterocycles. The Hall–Kier alpha value is -1.94. The molecule has 17 heavy (non-hydrogen) atoms. The Kier molecular flexibility index (Phi) is 3.35. The fourth-order valence-corrected chi connectivity index (χ4v) is 1.43. The second kappa shape index (κ2) is 4.93. The van der Waals surface area contributed by atoms with E-state index in [1.54, 1.807) is 6.07 Å². The zero-order valence-corrected chi connectivity index (χ0v) is 9.41. The third kappa shape index (κ3) is 3.01. The smallest absolute Gasteiger partial charge is 0.248 e. The molecule has 1 aromatic carbocycles. The lowest BCUT2D eigenvalue weighted by Crippen LogP contribution is -2.03. The summed E-state index contributed by atoms with van der Waals surface area (Å²) in [5.41, 5.74) is 0.983. The van der Waals surface area contributed by atoms with Gasteiger partial charge in [-0.1, -0.05) is 11.6 Å². The van der Waals surface area contributed by atoms with Crippen LogP contribution >= 0.6 is 11.6 Å². The van der Waals surface area contributed by atoms with Crippen LogP contribution in [0.25, 0.3) is 0 Å². The Bertz CT molecular complexity index is 622. The van der Waals surface area contributed by atoms with Crippen LogP contribution in [-0.4, -0.2) is 11.2 Å². The monoisotopic (exact) mass is 250 g/mol. The highest BCUT2D eigenvalue weighted by atomic mass is 35.5. The minimum absolute atomic E-state index is 0.0190. The molecule has 5 heteroatoms. The number of hydrogen-bond acceptors (Lipinski definition) is 2. The van der Waals surface area contributed by atoms with Gasteiger partial charge in [0.15, 0.2) is 0 Å². The van der Waals surface area contributed by atoms with Gasteiger partial charge in [-0.3, -0.25) is 9.79 Å². The summed E-state index contributed by atoms with van der Waals surface area (Å²) in [6, 6.07) is 7.28. The molecule has 2 rings (SSSR count). The van der Waals surface area contributed by atoms with Gasteiger partial charge in [0.1, 0.15) is 5.82 Å². The Morgan fingerprint density at radius 1 is 1.29 bits per heavy atom. The van der Waals surface area contributed by atoms with Crippen LogP contribution in [0.1, 0.15) is 5.56 Å². The molecular formula is C12H8ClFN2O. The van der Waals surface area contributed by atoms with Gasteiger partial charge >= 0.3 is 0 Å². The standard InChI is InChI=1S/C12H8ClFN2O/c13-10-6-9(1-2-11(10)14)16-7-8-3-4-15-12(17)5-8/h1-7H,(H,15,17). The number of halogens is 2. The van der Waals surface area contributed by atoms with Crippen molar-refractivity contribution in [2.45, 2.75) is 0 Å². The molecule has 0 spiro atoms. The van der Waals surface area contributed by atoms with Gasteiger partial charge in [0.05, 0.1) is 10.7 Å². The number of aliphatic imine (C=N–C) groups is 1. The lowest BCUT2D eigenvalue weighted by Gasteiger charge is -1.96. The first-order valence-corrected chi connectivity index (χ1v) is 5.21. The van der Waals surface area contributed by atoms with Crippen LogP contribution in [0.4, 0.5) is 10.1 Å². The molecule has 0 aliphatic rings. The van der Waals surface area contributed by atoms with Gasteiger partial charge in [0.2, 0.25) is 5.56 Å². The maximum Gasteiger partial charge on any atom is 0.248 e. The molecule has 0 bridgehead atoms. The zero-order valence-electron chi connectivity index (χ0n) is 8.65. The summed E-state index contributed by atoms with van der Waals surface area (Å²) in [5, 5.41) is 0.0190. The van der Waals surface area contributed by atoms with Gasteiger partial charge in [-0.15, -0.1) is 0 Å². The van der Waals surface area contributed by atoms with E-state index in [2.05, 4.69) is 9.98 Å². The molecule has 1 heterocycles. The quantitative estimate of drug-likeness (QED) is 0.819. The van der Waals surface area contributed by atoms with Crippen molar-refractivity contribution in [1.29, 1.82) is 0 Å². The van der Waals surface area contributed by atoms with Gasteiger partial charge in [-0.25, -0.2) is 4.39 Å². The topological polar surface area (TPSA) is 45.2 Å². The summed E-state index contributed by atoms with van der Waals surface area (Å²) in [4.78, 5) is 17.6. The van der Waals surface area contributed by atoms with E-state index in [9.17, 15) is 9.18 Å². The molecule has 0 amide bonds. The van der Waals surface area contributed by atoms with Crippen molar-refractivity contribution in [2.75, 3.05) is 0 Å². The molecule has 3 nitrogen and oxygen atoms in total. The number of H-pyrrole nitrogens is 1. The second-order valence-corrected chi connectivity index (χ2v) is 3.75. The predicted octanol–water partition coefficient (Wildman–Crippen LogP) is 2.92. The summed E-state index contributed by atoms with van der Waals surface area (Å²) in [6.45, 7) is 0. The maximum absolute atomic E-state index is 12.9.